The Morgan fingerprint density at radius 3 is 1.62 bits per heavy atom. The molecule has 2 aliphatic rings. The molecule has 0 unspecified atom stereocenters. The fourth-order valence-electron chi connectivity index (χ4n) is 6.33. The second-order valence-corrected chi connectivity index (χ2v) is 11.7. The molecule has 4 heterocycles. The Balaban J connectivity index is 0.000000150. The number of fused-ring (bicyclic) bond motifs is 6. The zero-order chi connectivity index (χ0) is 32.8. The molecule has 4 aromatic carbocycles. The molecule has 0 bridgehead atoms. The van der Waals surface area contributed by atoms with E-state index in [1.54, 1.807) is 26.4 Å². The second-order valence-electron chi connectivity index (χ2n) is 11.2. The molecule has 2 aliphatic heterocycles. The minimum absolute atomic E-state index is 0.0338. The lowest BCUT2D eigenvalue weighted by Gasteiger charge is -2.18. The molecule has 238 valence electrons. The van der Waals surface area contributed by atoms with Crippen molar-refractivity contribution in [2.75, 3.05) is 27.3 Å². The summed E-state index contributed by atoms with van der Waals surface area (Å²) in [5.41, 5.74) is 6.42. The highest BCUT2D eigenvalue weighted by molar-refractivity contribution is 6.30. The number of nitrogens with zero attached hydrogens (tertiary/aromatic N) is 2. The summed E-state index contributed by atoms with van der Waals surface area (Å²) in [6.45, 7) is 2.55. The zero-order valence-electron chi connectivity index (χ0n) is 25.5. The van der Waals surface area contributed by atoms with Crippen LogP contribution in [0.3, 0.4) is 0 Å². The van der Waals surface area contributed by atoms with Gasteiger partial charge in [-0.1, -0.05) is 29.8 Å². The molecule has 0 atom stereocenters. The molecule has 8 nitrogen and oxygen atoms in total. The van der Waals surface area contributed by atoms with Gasteiger partial charge in [-0.05, 0) is 71.8 Å². The molecule has 2 aromatic heterocycles. The lowest BCUT2D eigenvalue weighted by molar-refractivity contribution is 0.0921. The molecule has 2 amide bonds. The lowest BCUT2D eigenvalue weighted by Crippen LogP contribution is -2.34. The molecule has 8 rings (SSSR count). The first-order chi connectivity index (χ1) is 22.7. The Bertz CT molecular complexity index is 2210. The van der Waals surface area contributed by atoms with Gasteiger partial charge in [0.1, 0.15) is 22.9 Å². The third-order valence-electron chi connectivity index (χ3n) is 8.50. The van der Waals surface area contributed by atoms with Crippen LogP contribution < -0.4 is 20.1 Å². The molecule has 47 heavy (non-hydrogen) atoms. The van der Waals surface area contributed by atoms with E-state index in [9.17, 15) is 18.4 Å². The number of ether oxygens (including phenoxy) is 2. The number of benzene rings is 4. The summed E-state index contributed by atoms with van der Waals surface area (Å²) in [5.74, 6) is -0.626. The summed E-state index contributed by atoms with van der Waals surface area (Å²) in [7, 11) is 3.19. The molecule has 0 fully saturated rings. The van der Waals surface area contributed by atoms with Gasteiger partial charge in [0.25, 0.3) is 11.8 Å². The number of methoxy groups -OCH3 is 2. The lowest BCUT2D eigenvalue weighted by atomic mass is 10.0. The quantitative estimate of drug-likeness (QED) is 0.213. The number of hydrogen-bond donors (Lipinski definition) is 2. The van der Waals surface area contributed by atoms with Crippen molar-refractivity contribution >= 4 is 45.2 Å². The van der Waals surface area contributed by atoms with Crippen molar-refractivity contribution < 1.29 is 27.8 Å². The molecule has 0 spiro atoms. The second kappa shape index (κ2) is 12.1. The number of hydrogen-bond acceptors (Lipinski definition) is 4. The van der Waals surface area contributed by atoms with Crippen LogP contribution in [0.5, 0.6) is 11.5 Å². The fourth-order valence-corrected chi connectivity index (χ4v) is 6.45. The average Bonchev–Trinajstić information content (AvgIpc) is 3.66. The van der Waals surface area contributed by atoms with Crippen molar-refractivity contribution in [2.45, 2.75) is 13.1 Å². The highest BCUT2D eigenvalue weighted by Crippen LogP contribution is 2.38. The van der Waals surface area contributed by atoms with E-state index in [0.29, 0.717) is 52.9 Å². The maximum atomic E-state index is 13.7. The maximum Gasteiger partial charge on any atom is 0.268 e. The van der Waals surface area contributed by atoms with Gasteiger partial charge in [0.15, 0.2) is 11.6 Å². The highest BCUT2D eigenvalue weighted by Gasteiger charge is 2.24. The SMILES string of the molecule is COc1cc(-c2ccc(Cl)cc2)c2c(c1)cc1n2CCNC1=O.COc1cc(-c2ccc(F)c(F)c2)c2c(c1)cc1n2CCNC1=O. The summed E-state index contributed by atoms with van der Waals surface area (Å²) in [6.07, 6.45) is 0. The fraction of sp³-hybridized carbons (Fsp3) is 0.167. The van der Waals surface area contributed by atoms with Crippen LogP contribution in [0.15, 0.2) is 78.9 Å². The van der Waals surface area contributed by atoms with E-state index >= 15 is 0 Å². The monoisotopic (exact) mass is 654 g/mol. The van der Waals surface area contributed by atoms with E-state index < -0.39 is 11.6 Å². The van der Waals surface area contributed by atoms with Crippen molar-refractivity contribution in [3.05, 3.63) is 107 Å². The Labute approximate surface area is 273 Å². The summed E-state index contributed by atoms with van der Waals surface area (Å²) in [4.78, 5) is 24.2. The highest BCUT2D eigenvalue weighted by atomic mass is 35.5. The van der Waals surface area contributed by atoms with Crippen LogP contribution in [0.2, 0.25) is 5.02 Å². The molecule has 0 radical (unpaired) electrons. The number of nitrogens with one attached hydrogen (secondary N) is 2. The zero-order valence-corrected chi connectivity index (χ0v) is 26.3. The van der Waals surface area contributed by atoms with Crippen LogP contribution in [0.25, 0.3) is 44.1 Å². The molecular weight excluding hydrogens is 626 g/mol. The first kappa shape index (κ1) is 30.3. The van der Waals surface area contributed by atoms with Gasteiger partial charge < -0.3 is 29.2 Å². The molecule has 0 aliphatic carbocycles. The summed E-state index contributed by atoms with van der Waals surface area (Å²) < 4.78 is 41.7. The topological polar surface area (TPSA) is 86.5 Å². The van der Waals surface area contributed by atoms with Gasteiger partial charge in [-0.15, -0.1) is 0 Å². The van der Waals surface area contributed by atoms with Gasteiger partial charge in [-0.25, -0.2) is 8.78 Å². The normalized spacial score (nSPS) is 13.7. The average molecular weight is 655 g/mol. The van der Waals surface area contributed by atoms with Gasteiger partial charge in [0, 0.05) is 53.1 Å². The number of carbonyl (C=O) groups excluding carboxylic acids is 2. The van der Waals surface area contributed by atoms with E-state index in [2.05, 4.69) is 15.2 Å². The molecular formula is C36H29ClF2N4O4. The standard InChI is InChI=1S/C18H15ClN2O2.C18H14F2N2O2/c1-23-14-8-12-9-16-18(22)20-6-7-21(16)17(12)15(10-14)11-2-4-13(19)5-3-11;1-24-12-6-11-8-16-18(23)21-4-5-22(16)17(11)13(9-12)10-2-3-14(19)15(20)7-10/h2-5,8-10H,6-7H2,1H3,(H,20,22);2-3,6-9H,4-5H2,1H3,(H,21,23). The van der Waals surface area contributed by atoms with Crippen LogP contribution in [0.1, 0.15) is 21.0 Å². The van der Waals surface area contributed by atoms with Crippen LogP contribution in [0, 0.1) is 11.6 Å². The Morgan fingerprint density at radius 2 is 1.13 bits per heavy atom. The Kier molecular flexibility index (Phi) is 7.81. The van der Waals surface area contributed by atoms with E-state index in [1.165, 1.54) is 6.07 Å². The maximum absolute atomic E-state index is 13.7. The molecule has 6 aromatic rings. The number of amides is 2. The van der Waals surface area contributed by atoms with Gasteiger partial charge >= 0.3 is 0 Å². The molecule has 0 saturated heterocycles. The Hall–Kier alpha value is -5.35. The van der Waals surface area contributed by atoms with Crippen LogP contribution in [0.4, 0.5) is 8.78 Å². The summed E-state index contributed by atoms with van der Waals surface area (Å²) >= 11 is 6.01. The molecule has 11 heteroatoms. The number of halogens is 3. The van der Waals surface area contributed by atoms with Crippen LogP contribution in [-0.2, 0) is 13.1 Å². The smallest absolute Gasteiger partial charge is 0.268 e. The largest absolute Gasteiger partial charge is 0.497 e. The van der Waals surface area contributed by atoms with E-state index in [4.69, 9.17) is 21.1 Å². The van der Waals surface area contributed by atoms with Crippen molar-refractivity contribution in [1.82, 2.24) is 19.8 Å². The Morgan fingerprint density at radius 1 is 0.638 bits per heavy atom. The third kappa shape index (κ3) is 5.44. The van der Waals surface area contributed by atoms with Crippen molar-refractivity contribution in [3.8, 4) is 33.8 Å². The number of carbonyl (C=O) groups is 2. The van der Waals surface area contributed by atoms with Crippen molar-refractivity contribution in [3.63, 3.8) is 0 Å². The van der Waals surface area contributed by atoms with Crippen molar-refractivity contribution in [2.24, 2.45) is 0 Å². The van der Waals surface area contributed by atoms with E-state index in [0.717, 1.165) is 57.4 Å². The molecule has 0 saturated carbocycles. The number of rotatable bonds is 4. The van der Waals surface area contributed by atoms with Gasteiger partial charge in [0.2, 0.25) is 0 Å². The van der Waals surface area contributed by atoms with Crippen LogP contribution >= 0.6 is 11.6 Å². The van der Waals surface area contributed by atoms with Gasteiger partial charge in [-0.3, -0.25) is 9.59 Å². The van der Waals surface area contributed by atoms with E-state index in [1.807, 2.05) is 53.1 Å². The van der Waals surface area contributed by atoms with Gasteiger partial charge in [0.05, 0.1) is 25.3 Å². The number of aromatic nitrogens is 2. The third-order valence-corrected chi connectivity index (χ3v) is 8.75. The summed E-state index contributed by atoms with van der Waals surface area (Å²) in [5, 5.41) is 8.21. The minimum atomic E-state index is -0.911. The van der Waals surface area contributed by atoms with Crippen LogP contribution in [-0.4, -0.2) is 48.3 Å². The van der Waals surface area contributed by atoms with Gasteiger partial charge in [-0.2, -0.15) is 0 Å². The van der Waals surface area contributed by atoms with E-state index in [-0.39, 0.29) is 11.8 Å². The first-order valence-electron chi connectivity index (χ1n) is 15.0. The predicted molar refractivity (Wildman–Crippen MR) is 177 cm³/mol. The first-order valence-corrected chi connectivity index (χ1v) is 15.3. The molecule has 2 N–H and O–H groups in total. The predicted octanol–water partition coefficient (Wildman–Crippen LogP) is 7.05. The van der Waals surface area contributed by atoms with Crippen molar-refractivity contribution in [1.29, 1.82) is 0 Å². The minimum Gasteiger partial charge on any atom is -0.497 e. The summed E-state index contributed by atoms with van der Waals surface area (Å²) in [6, 6.07) is 22.8.